The average Bonchev–Trinajstić information content (AvgIpc) is 2.96. The van der Waals surface area contributed by atoms with E-state index in [0.717, 1.165) is 31.4 Å². The first-order valence-electron chi connectivity index (χ1n) is 7.25. The zero-order chi connectivity index (χ0) is 14.5. The van der Waals surface area contributed by atoms with Gasteiger partial charge in [-0.2, -0.15) is 10.2 Å². The zero-order valence-corrected chi connectivity index (χ0v) is 11.8. The van der Waals surface area contributed by atoms with Crippen LogP contribution in [0.5, 0.6) is 0 Å². The Labute approximate surface area is 123 Å². The number of hydrogen-bond donors (Lipinski definition) is 0. The van der Waals surface area contributed by atoms with Gasteiger partial charge in [0.2, 0.25) is 5.89 Å². The third-order valence-electron chi connectivity index (χ3n) is 3.63. The third-order valence-corrected chi connectivity index (χ3v) is 3.63. The van der Waals surface area contributed by atoms with Gasteiger partial charge in [-0.25, -0.2) is 0 Å². The van der Waals surface area contributed by atoms with Crippen LogP contribution in [0.3, 0.4) is 0 Å². The van der Waals surface area contributed by atoms with Crippen molar-refractivity contribution in [2.24, 2.45) is 0 Å². The molecule has 0 aliphatic carbocycles. The number of hydrogen-bond acceptors (Lipinski definition) is 5. The SMILES string of the molecule is N#Cc1ccc(Cc2nc(CC3CCCCO3)no2)cc1. The summed E-state index contributed by atoms with van der Waals surface area (Å²) in [5, 5.41) is 12.8. The van der Waals surface area contributed by atoms with E-state index < -0.39 is 0 Å². The van der Waals surface area contributed by atoms with Gasteiger partial charge in [-0.3, -0.25) is 0 Å². The highest BCUT2D eigenvalue weighted by molar-refractivity contribution is 5.32. The van der Waals surface area contributed by atoms with Crippen molar-refractivity contribution in [2.75, 3.05) is 6.61 Å². The fourth-order valence-corrected chi connectivity index (χ4v) is 2.49. The van der Waals surface area contributed by atoms with Crippen LogP contribution >= 0.6 is 0 Å². The molecule has 1 atom stereocenters. The first-order valence-corrected chi connectivity index (χ1v) is 7.25. The molecule has 1 saturated heterocycles. The van der Waals surface area contributed by atoms with Crippen LogP contribution in [0.2, 0.25) is 0 Å². The van der Waals surface area contributed by atoms with E-state index >= 15 is 0 Å². The molecule has 1 fully saturated rings. The van der Waals surface area contributed by atoms with Crippen molar-refractivity contribution in [1.82, 2.24) is 10.1 Å². The molecule has 1 unspecified atom stereocenters. The van der Waals surface area contributed by atoms with E-state index in [1.165, 1.54) is 6.42 Å². The summed E-state index contributed by atoms with van der Waals surface area (Å²) >= 11 is 0. The third kappa shape index (κ3) is 3.67. The van der Waals surface area contributed by atoms with Crippen molar-refractivity contribution in [3.8, 4) is 6.07 Å². The first-order chi connectivity index (χ1) is 10.3. The van der Waals surface area contributed by atoms with Crippen LogP contribution < -0.4 is 0 Å². The van der Waals surface area contributed by atoms with Crippen molar-refractivity contribution in [1.29, 1.82) is 5.26 Å². The molecular formula is C16H17N3O2. The topological polar surface area (TPSA) is 71.9 Å². The van der Waals surface area contributed by atoms with Gasteiger partial charge >= 0.3 is 0 Å². The van der Waals surface area contributed by atoms with Gasteiger partial charge in [0.1, 0.15) is 0 Å². The highest BCUT2D eigenvalue weighted by atomic mass is 16.5. The molecule has 0 saturated carbocycles. The van der Waals surface area contributed by atoms with Crippen molar-refractivity contribution < 1.29 is 9.26 Å². The number of aromatic nitrogens is 2. The van der Waals surface area contributed by atoms with Gasteiger partial charge in [0.15, 0.2) is 5.82 Å². The van der Waals surface area contributed by atoms with Crippen molar-refractivity contribution in [3.63, 3.8) is 0 Å². The lowest BCUT2D eigenvalue weighted by atomic mass is 10.1. The highest BCUT2D eigenvalue weighted by Gasteiger charge is 2.17. The number of nitriles is 1. The van der Waals surface area contributed by atoms with Gasteiger partial charge in [0.25, 0.3) is 0 Å². The van der Waals surface area contributed by atoms with Crippen molar-refractivity contribution in [3.05, 3.63) is 47.1 Å². The van der Waals surface area contributed by atoms with E-state index in [0.29, 0.717) is 23.7 Å². The Morgan fingerprint density at radius 2 is 2.10 bits per heavy atom. The molecule has 21 heavy (non-hydrogen) atoms. The Hall–Kier alpha value is -2.19. The minimum atomic E-state index is 0.221. The van der Waals surface area contributed by atoms with Gasteiger partial charge in [0, 0.05) is 13.0 Å². The summed E-state index contributed by atoms with van der Waals surface area (Å²) in [4.78, 5) is 4.42. The van der Waals surface area contributed by atoms with Crippen molar-refractivity contribution in [2.45, 2.75) is 38.2 Å². The largest absolute Gasteiger partial charge is 0.378 e. The summed E-state index contributed by atoms with van der Waals surface area (Å²) < 4.78 is 11.0. The maximum atomic E-state index is 8.77. The second-order valence-electron chi connectivity index (χ2n) is 5.28. The van der Waals surface area contributed by atoms with E-state index in [2.05, 4.69) is 16.2 Å². The van der Waals surface area contributed by atoms with Crippen LogP contribution in [0.15, 0.2) is 28.8 Å². The molecule has 1 aliphatic heterocycles. The molecule has 1 aliphatic rings. The maximum absolute atomic E-state index is 8.77. The molecule has 2 heterocycles. The van der Waals surface area contributed by atoms with E-state index in [1.54, 1.807) is 12.1 Å². The molecule has 1 aromatic carbocycles. The molecular weight excluding hydrogens is 266 g/mol. The number of rotatable bonds is 4. The predicted molar refractivity (Wildman–Crippen MR) is 75.6 cm³/mol. The lowest BCUT2D eigenvalue weighted by molar-refractivity contribution is 0.0153. The highest BCUT2D eigenvalue weighted by Crippen LogP contribution is 2.16. The van der Waals surface area contributed by atoms with E-state index in [4.69, 9.17) is 14.5 Å². The average molecular weight is 283 g/mol. The van der Waals surface area contributed by atoms with Crippen LogP contribution in [0, 0.1) is 11.3 Å². The Balaban J connectivity index is 1.60. The molecule has 108 valence electrons. The molecule has 2 aromatic rings. The number of nitrogens with zero attached hydrogens (tertiary/aromatic N) is 3. The summed E-state index contributed by atoms with van der Waals surface area (Å²) in [5.74, 6) is 1.32. The lowest BCUT2D eigenvalue weighted by Crippen LogP contribution is -2.21. The number of benzene rings is 1. The molecule has 0 amide bonds. The van der Waals surface area contributed by atoms with E-state index in [-0.39, 0.29) is 6.10 Å². The molecule has 5 heteroatoms. The second-order valence-corrected chi connectivity index (χ2v) is 5.28. The monoisotopic (exact) mass is 283 g/mol. The van der Waals surface area contributed by atoms with Crippen LogP contribution in [0.25, 0.3) is 0 Å². The summed E-state index contributed by atoms with van der Waals surface area (Å²) in [6.45, 7) is 0.834. The fraction of sp³-hybridized carbons (Fsp3) is 0.438. The lowest BCUT2D eigenvalue weighted by Gasteiger charge is -2.20. The summed E-state index contributed by atoms with van der Waals surface area (Å²) in [6, 6.07) is 9.51. The quantitative estimate of drug-likeness (QED) is 0.862. The van der Waals surface area contributed by atoms with Gasteiger partial charge in [0.05, 0.1) is 24.2 Å². The molecule has 0 bridgehead atoms. The molecule has 0 spiro atoms. The van der Waals surface area contributed by atoms with Gasteiger partial charge in [-0.05, 0) is 37.0 Å². The van der Waals surface area contributed by atoms with Crippen LogP contribution in [-0.2, 0) is 17.6 Å². The molecule has 5 nitrogen and oxygen atoms in total. The Morgan fingerprint density at radius 1 is 1.24 bits per heavy atom. The van der Waals surface area contributed by atoms with Crippen LogP contribution in [0.1, 0.15) is 42.1 Å². The van der Waals surface area contributed by atoms with Gasteiger partial charge in [-0.15, -0.1) is 0 Å². The smallest absolute Gasteiger partial charge is 0.231 e. The molecule has 0 N–H and O–H groups in total. The minimum absolute atomic E-state index is 0.221. The van der Waals surface area contributed by atoms with E-state index in [1.807, 2.05) is 12.1 Å². The summed E-state index contributed by atoms with van der Waals surface area (Å²) in [6.07, 6.45) is 4.95. The van der Waals surface area contributed by atoms with E-state index in [9.17, 15) is 0 Å². The van der Waals surface area contributed by atoms with Crippen LogP contribution in [-0.4, -0.2) is 22.9 Å². The molecule has 0 radical (unpaired) electrons. The van der Waals surface area contributed by atoms with Gasteiger partial charge in [-0.1, -0.05) is 17.3 Å². The number of ether oxygens (including phenoxy) is 1. The maximum Gasteiger partial charge on any atom is 0.231 e. The zero-order valence-electron chi connectivity index (χ0n) is 11.8. The van der Waals surface area contributed by atoms with Crippen molar-refractivity contribution >= 4 is 0 Å². The normalized spacial score (nSPS) is 18.3. The Morgan fingerprint density at radius 3 is 2.81 bits per heavy atom. The van der Waals surface area contributed by atoms with Crippen LogP contribution in [0.4, 0.5) is 0 Å². The predicted octanol–water partition coefficient (Wildman–Crippen LogP) is 2.64. The first kappa shape index (κ1) is 13.8. The Kier molecular flexibility index (Phi) is 4.27. The minimum Gasteiger partial charge on any atom is -0.378 e. The fourth-order valence-electron chi connectivity index (χ4n) is 2.49. The standard InChI is InChI=1S/C16H17N3O2/c17-11-13-6-4-12(5-7-13)9-16-18-15(19-21-16)10-14-3-1-2-8-20-14/h4-7,14H,1-3,8-10H2. The Bertz CT molecular complexity index is 622. The van der Waals surface area contributed by atoms with Gasteiger partial charge < -0.3 is 9.26 Å². The molecule has 3 rings (SSSR count). The summed E-state index contributed by atoms with van der Waals surface area (Å²) in [7, 11) is 0. The summed E-state index contributed by atoms with van der Waals surface area (Å²) in [5.41, 5.74) is 1.71. The second kappa shape index (κ2) is 6.51. The molecule has 1 aromatic heterocycles.